The Balaban J connectivity index is 1.80. The lowest BCUT2D eigenvalue weighted by molar-refractivity contribution is 0.00578. The van der Waals surface area contributed by atoms with E-state index >= 15 is 0 Å². The van der Waals surface area contributed by atoms with Crippen LogP contribution in [-0.4, -0.2) is 30.9 Å². The number of hydrogen-bond acceptors (Lipinski definition) is 5. The van der Waals surface area contributed by atoms with E-state index in [1.54, 1.807) is 19.1 Å². The zero-order valence-electron chi connectivity index (χ0n) is 17.4. The minimum atomic E-state index is -0.552. The number of para-hydroxylation sites is 1. The standard InChI is InChI=1S/C23H25BO5/c1-6-26-21(25)16-13-11-15(12-14-16)20-19(17-9-7-8-10-18(17)27-20)24-28-22(2,3)23(4,5)29-24/h7-14H,6H2,1-5H3. The maximum absolute atomic E-state index is 12.0. The van der Waals surface area contributed by atoms with Gasteiger partial charge in [0.05, 0.1) is 23.4 Å². The van der Waals surface area contributed by atoms with E-state index in [9.17, 15) is 4.79 Å². The molecule has 0 aliphatic carbocycles. The van der Waals surface area contributed by atoms with Crippen LogP contribution in [-0.2, 0) is 14.0 Å². The molecule has 6 heteroatoms. The van der Waals surface area contributed by atoms with Crippen molar-refractivity contribution in [1.82, 2.24) is 0 Å². The molecule has 5 nitrogen and oxygen atoms in total. The first-order chi connectivity index (χ1) is 13.7. The first-order valence-electron chi connectivity index (χ1n) is 9.88. The van der Waals surface area contributed by atoms with Crippen molar-refractivity contribution in [2.45, 2.75) is 45.8 Å². The van der Waals surface area contributed by atoms with Gasteiger partial charge in [0.1, 0.15) is 11.3 Å². The Kier molecular flexibility index (Phi) is 4.79. The summed E-state index contributed by atoms with van der Waals surface area (Å²) in [5.74, 6) is 0.343. The second-order valence-corrected chi connectivity index (χ2v) is 8.23. The Hall–Kier alpha value is -2.57. The normalized spacial score (nSPS) is 17.6. The summed E-state index contributed by atoms with van der Waals surface area (Å²) in [6.07, 6.45) is 0. The topological polar surface area (TPSA) is 57.9 Å². The van der Waals surface area contributed by atoms with Gasteiger partial charge in [0, 0.05) is 16.4 Å². The van der Waals surface area contributed by atoms with Crippen molar-refractivity contribution in [2.75, 3.05) is 6.61 Å². The van der Waals surface area contributed by atoms with Crippen LogP contribution in [0.25, 0.3) is 22.3 Å². The number of rotatable bonds is 4. The average molecular weight is 392 g/mol. The predicted octanol–water partition coefficient (Wildman–Crippen LogP) is 4.58. The van der Waals surface area contributed by atoms with E-state index in [0.717, 1.165) is 22.0 Å². The van der Waals surface area contributed by atoms with Crippen LogP contribution >= 0.6 is 0 Å². The summed E-state index contributed by atoms with van der Waals surface area (Å²) < 4.78 is 23.9. The molecular formula is C23H25BO5. The van der Waals surface area contributed by atoms with Gasteiger partial charge < -0.3 is 18.5 Å². The summed E-state index contributed by atoms with van der Waals surface area (Å²) in [5, 5.41) is 0.954. The van der Waals surface area contributed by atoms with Gasteiger partial charge in [-0.25, -0.2) is 4.79 Å². The van der Waals surface area contributed by atoms with E-state index in [1.165, 1.54) is 0 Å². The summed E-state index contributed by atoms with van der Waals surface area (Å²) >= 11 is 0. The van der Waals surface area contributed by atoms with Gasteiger partial charge in [0.25, 0.3) is 0 Å². The van der Waals surface area contributed by atoms with E-state index in [2.05, 4.69) is 0 Å². The van der Waals surface area contributed by atoms with E-state index in [-0.39, 0.29) is 5.97 Å². The molecule has 0 bridgehead atoms. The number of furan rings is 1. The fourth-order valence-electron chi connectivity index (χ4n) is 3.45. The third-order valence-electron chi connectivity index (χ3n) is 5.78. The van der Waals surface area contributed by atoms with E-state index < -0.39 is 18.3 Å². The highest BCUT2D eigenvalue weighted by Gasteiger charge is 2.53. The number of fused-ring (bicyclic) bond motifs is 1. The summed E-state index contributed by atoms with van der Waals surface area (Å²) in [4.78, 5) is 12.0. The Bertz CT molecular complexity index is 1030. The third kappa shape index (κ3) is 3.36. The van der Waals surface area contributed by atoms with Crippen LogP contribution in [0.15, 0.2) is 52.9 Å². The van der Waals surface area contributed by atoms with Crippen LogP contribution < -0.4 is 5.46 Å². The minimum Gasteiger partial charge on any atom is -0.462 e. The van der Waals surface area contributed by atoms with Crippen LogP contribution in [0.5, 0.6) is 0 Å². The molecule has 1 aliphatic rings. The minimum absolute atomic E-state index is 0.338. The highest BCUT2D eigenvalue weighted by atomic mass is 16.7. The summed E-state index contributed by atoms with van der Waals surface area (Å²) in [6.45, 7) is 10.3. The number of ether oxygens (including phenoxy) is 1. The Morgan fingerprint density at radius 1 is 0.966 bits per heavy atom. The van der Waals surface area contributed by atoms with Crippen molar-refractivity contribution < 1.29 is 23.3 Å². The maximum atomic E-state index is 12.0. The molecule has 0 unspecified atom stereocenters. The molecule has 2 aromatic carbocycles. The molecule has 2 heterocycles. The molecule has 1 fully saturated rings. The molecule has 0 amide bonds. The fourth-order valence-corrected chi connectivity index (χ4v) is 3.45. The molecule has 1 aromatic heterocycles. The van der Waals surface area contributed by atoms with Gasteiger partial charge in [0.15, 0.2) is 0 Å². The molecule has 0 N–H and O–H groups in total. The second kappa shape index (κ2) is 7.04. The number of hydrogen-bond donors (Lipinski definition) is 0. The van der Waals surface area contributed by atoms with Crippen LogP contribution in [0.2, 0.25) is 0 Å². The van der Waals surface area contributed by atoms with E-state index in [1.807, 2.05) is 64.1 Å². The second-order valence-electron chi connectivity index (χ2n) is 8.23. The molecule has 0 radical (unpaired) electrons. The van der Waals surface area contributed by atoms with Crippen LogP contribution in [0.3, 0.4) is 0 Å². The van der Waals surface area contributed by atoms with Gasteiger partial charge in [0.2, 0.25) is 0 Å². The smallest absolute Gasteiger partial charge is 0.462 e. The number of esters is 1. The van der Waals surface area contributed by atoms with Crippen LogP contribution in [0.1, 0.15) is 45.0 Å². The largest absolute Gasteiger partial charge is 0.499 e. The van der Waals surface area contributed by atoms with Crippen molar-refractivity contribution in [3.63, 3.8) is 0 Å². The predicted molar refractivity (Wildman–Crippen MR) is 113 cm³/mol. The van der Waals surface area contributed by atoms with E-state index in [4.69, 9.17) is 18.5 Å². The van der Waals surface area contributed by atoms with Crippen molar-refractivity contribution in [3.8, 4) is 11.3 Å². The van der Waals surface area contributed by atoms with Crippen molar-refractivity contribution >= 4 is 29.5 Å². The highest BCUT2D eigenvalue weighted by molar-refractivity contribution is 6.67. The van der Waals surface area contributed by atoms with Gasteiger partial charge in [-0.15, -0.1) is 0 Å². The Morgan fingerprint density at radius 2 is 1.59 bits per heavy atom. The zero-order chi connectivity index (χ0) is 20.8. The maximum Gasteiger partial charge on any atom is 0.499 e. The SMILES string of the molecule is CCOC(=O)c1ccc(-c2oc3ccccc3c2B2OC(C)(C)C(C)(C)O2)cc1. The molecule has 150 valence electrons. The molecular weight excluding hydrogens is 367 g/mol. The van der Waals surface area contributed by atoms with Gasteiger partial charge >= 0.3 is 13.1 Å². The fraction of sp³-hybridized carbons (Fsp3) is 0.348. The molecule has 1 saturated heterocycles. The first-order valence-corrected chi connectivity index (χ1v) is 9.88. The number of carbonyl (C=O) groups excluding carboxylic acids is 1. The van der Waals surface area contributed by atoms with Crippen molar-refractivity contribution in [1.29, 1.82) is 0 Å². The monoisotopic (exact) mass is 392 g/mol. The molecule has 29 heavy (non-hydrogen) atoms. The number of benzene rings is 2. The number of carbonyl (C=O) groups is 1. The van der Waals surface area contributed by atoms with Crippen LogP contribution in [0, 0.1) is 0 Å². The molecule has 3 aromatic rings. The van der Waals surface area contributed by atoms with E-state index in [0.29, 0.717) is 17.9 Å². The molecule has 1 aliphatic heterocycles. The zero-order valence-corrected chi connectivity index (χ0v) is 17.4. The average Bonchev–Trinajstić information content (AvgIpc) is 3.16. The lowest BCUT2D eigenvalue weighted by atomic mass is 9.75. The molecule has 4 rings (SSSR count). The summed E-state index contributed by atoms with van der Waals surface area (Å²) in [7, 11) is -0.552. The van der Waals surface area contributed by atoms with Gasteiger partial charge in [-0.2, -0.15) is 0 Å². The summed E-state index contributed by atoms with van der Waals surface area (Å²) in [6, 6.07) is 15.1. The van der Waals surface area contributed by atoms with Gasteiger partial charge in [-0.1, -0.05) is 30.3 Å². The lowest BCUT2D eigenvalue weighted by Gasteiger charge is -2.32. The molecule has 0 saturated carbocycles. The van der Waals surface area contributed by atoms with Crippen LogP contribution in [0.4, 0.5) is 0 Å². The molecule has 0 spiro atoms. The highest BCUT2D eigenvalue weighted by Crippen LogP contribution is 2.39. The van der Waals surface area contributed by atoms with Crippen molar-refractivity contribution in [3.05, 3.63) is 54.1 Å². The summed E-state index contributed by atoms with van der Waals surface area (Å²) in [5.41, 5.74) is 2.06. The van der Waals surface area contributed by atoms with Gasteiger partial charge in [-0.3, -0.25) is 0 Å². The van der Waals surface area contributed by atoms with Crippen molar-refractivity contribution in [2.24, 2.45) is 0 Å². The quantitative estimate of drug-likeness (QED) is 0.481. The molecule has 0 atom stereocenters. The van der Waals surface area contributed by atoms with Gasteiger partial charge in [-0.05, 0) is 52.8 Å². The Morgan fingerprint density at radius 3 is 2.21 bits per heavy atom. The lowest BCUT2D eigenvalue weighted by Crippen LogP contribution is -2.41. The third-order valence-corrected chi connectivity index (χ3v) is 5.78. The Labute approximate surface area is 171 Å². The first kappa shape index (κ1) is 19.7.